The fourth-order valence-corrected chi connectivity index (χ4v) is 2.12. The van der Waals surface area contributed by atoms with E-state index in [0.717, 1.165) is 12.1 Å². The van der Waals surface area contributed by atoms with Crippen molar-refractivity contribution >= 4 is 11.8 Å². The lowest BCUT2D eigenvalue weighted by Crippen LogP contribution is -2.35. The van der Waals surface area contributed by atoms with Gasteiger partial charge in [0.05, 0.1) is 0 Å². The van der Waals surface area contributed by atoms with E-state index in [1.165, 1.54) is 5.56 Å². The quantitative estimate of drug-likeness (QED) is 0.790. The van der Waals surface area contributed by atoms with Gasteiger partial charge in [-0.1, -0.05) is 29.8 Å². The molecular formula is C17H27N3O2. The van der Waals surface area contributed by atoms with Crippen molar-refractivity contribution < 1.29 is 9.59 Å². The predicted molar refractivity (Wildman–Crippen MR) is 88.5 cm³/mol. The van der Waals surface area contributed by atoms with Crippen LogP contribution >= 0.6 is 0 Å². The van der Waals surface area contributed by atoms with E-state index in [1.807, 2.05) is 44.1 Å². The Morgan fingerprint density at radius 3 is 2.50 bits per heavy atom. The first-order valence-corrected chi connectivity index (χ1v) is 7.61. The monoisotopic (exact) mass is 305 g/mol. The van der Waals surface area contributed by atoms with Crippen LogP contribution < -0.4 is 5.32 Å². The Kier molecular flexibility index (Phi) is 7.60. The molecule has 0 unspecified atom stereocenters. The van der Waals surface area contributed by atoms with Crippen molar-refractivity contribution in [1.29, 1.82) is 0 Å². The fraction of sp³-hybridized carbons (Fsp3) is 0.529. The van der Waals surface area contributed by atoms with E-state index < -0.39 is 0 Å². The Labute approximate surface area is 133 Å². The lowest BCUT2D eigenvalue weighted by atomic mass is 10.1. The molecule has 5 heteroatoms. The summed E-state index contributed by atoms with van der Waals surface area (Å²) in [5, 5.41) is 2.86. The van der Waals surface area contributed by atoms with Crippen LogP contribution in [-0.2, 0) is 16.1 Å². The zero-order valence-electron chi connectivity index (χ0n) is 14.1. The van der Waals surface area contributed by atoms with Crippen molar-refractivity contribution in [2.45, 2.75) is 26.8 Å². The summed E-state index contributed by atoms with van der Waals surface area (Å²) >= 11 is 0. The second-order valence-electron chi connectivity index (χ2n) is 5.83. The summed E-state index contributed by atoms with van der Waals surface area (Å²) in [5.41, 5.74) is 2.26. The van der Waals surface area contributed by atoms with E-state index in [2.05, 4.69) is 11.4 Å². The summed E-state index contributed by atoms with van der Waals surface area (Å²) in [6.45, 7) is 5.99. The number of amides is 2. The third kappa shape index (κ3) is 7.22. The zero-order chi connectivity index (χ0) is 16.5. The summed E-state index contributed by atoms with van der Waals surface area (Å²) in [5.74, 6) is -0.0278. The Morgan fingerprint density at radius 1 is 1.18 bits per heavy atom. The molecule has 0 radical (unpaired) electrons. The largest absolute Gasteiger partial charge is 0.355 e. The molecular weight excluding hydrogens is 278 g/mol. The highest BCUT2D eigenvalue weighted by molar-refractivity contribution is 5.78. The van der Waals surface area contributed by atoms with E-state index in [0.29, 0.717) is 26.1 Å². The van der Waals surface area contributed by atoms with Gasteiger partial charge < -0.3 is 15.1 Å². The second-order valence-corrected chi connectivity index (χ2v) is 5.83. The molecule has 2 amide bonds. The van der Waals surface area contributed by atoms with Crippen LogP contribution in [-0.4, -0.2) is 55.3 Å². The van der Waals surface area contributed by atoms with Crippen LogP contribution in [0.15, 0.2) is 24.3 Å². The number of nitrogens with zero attached hydrogens (tertiary/aromatic N) is 2. The number of carbonyl (C=O) groups is 2. The average Bonchev–Trinajstić information content (AvgIpc) is 2.42. The maximum atomic E-state index is 11.8. The van der Waals surface area contributed by atoms with Crippen molar-refractivity contribution in [2.75, 3.05) is 33.7 Å². The molecule has 22 heavy (non-hydrogen) atoms. The van der Waals surface area contributed by atoms with Crippen molar-refractivity contribution in [3.63, 3.8) is 0 Å². The van der Waals surface area contributed by atoms with Gasteiger partial charge in [-0.15, -0.1) is 0 Å². The molecule has 1 rings (SSSR count). The molecule has 1 aromatic rings. The van der Waals surface area contributed by atoms with Crippen molar-refractivity contribution in [1.82, 2.24) is 15.1 Å². The Morgan fingerprint density at radius 2 is 1.91 bits per heavy atom. The van der Waals surface area contributed by atoms with Crippen molar-refractivity contribution in [2.24, 2.45) is 0 Å². The van der Waals surface area contributed by atoms with Gasteiger partial charge in [-0.2, -0.15) is 0 Å². The maximum absolute atomic E-state index is 11.8. The van der Waals surface area contributed by atoms with Gasteiger partial charge in [0.25, 0.3) is 0 Å². The van der Waals surface area contributed by atoms with E-state index in [-0.39, 0.29) is 11.8 Å². The Bertz CT molecular complexity index is 500. The van der Waals surface area contributed by atoms with E-state index >= 15 is 0 Å². The van der Waals surface area contributed by atoms with Gasteiger partial charge in [-0.3, -0.25) is 9.59 Å². The SMILES string of the molecule is CC(=O)N(CCC(=O)NCCN(C)C)Cc1cccc(C)c1. The van der Waals surface area contributed by atoms with Crippen LogP contribution in [0.3, 0.4) is 0 Å². The Hall–Kier alpha value is -1.88. The molecule has 122 valence electrons. The number of benzene rings is 1. The number of nitrogens with one attached hydrogen (secondary N) is 1. The summed E-state index contributed by atoms with van der Waals surface area (Å²) in [6, 6.07) is 8.07. The van der Waals surface area contributed by atoms with Crippen LogP contribution in [0, 0.1) is 6.92 Å². The number of rotatable bonds is 8. The first kappa shape index (κ1) is 18.2. The minimum absolute atomic E-state index is 0.0115. The molecule has 0 aliphatic carbocycles. The molecule has 0 aromatic heterocycles. The van der Waals surface area contributed by atoms with Gasteiger partial charge in [0.2, 0.25) is 11.8 Å². The minimum atomic E-state index is -0.0163. The molecule has 0 bridgehead atoms. The van der Waals surface area contributed by atoms with Crippen LogP contribution in [0.25, 0.3) is 0 Å². The lowest BCUT2D eigenvalue weighted by molar-refractivity contribution is -0.130. The number of aryl methyl sites for hydroxylation is 1. The first-order valence-electron chi connectivity index (χ1n) is 7.61. The van der Waals surface area contributed by atoms with E-state index in [1.54, 1.807) is 11.8 Å². The molecule has 0 saturated heterocycles. The average molecular weight is 305 g/mol. The molecule has 1 N–H and O–H groups in total. The highest BCUT2D eigenvalue weighted by Gasteiger charge is 2.11. The topological polar surface area (TPSA) is 52.7 Å². The van der Waals surface area contributed by atoms with Gasteiger partial charge in [-0.05, 0) is 26.6 Å². The maximum Gasteiger partial charge on any atom is 0.221 e. The normalized spacial score (nSPS) is 10.6. The van der Waals surface area contributed by atoms with Gasteiger partial charge in [-0.25, -0.2) is 0 Å². The molecule has 0 saturated carbocycles. The van der Waals surface area contributed by atoms with Gasteiger partial charge in [0.1, 0.15) is 0 Å². The Balaban J connectivity index is 2.44. The fourth-order valence-electron chi connectivity index (χ4n) is 2.12. The van der Waals surface area contributed by atoms with E-state index in [9.17, 15) is 9.59 Å². The van der Waals surface area contributed by atoms with Crippen LogP contribution in [0.2, 0.25) is 0 Å². The summed E-state index contributed by atoms with van der Waals surface area (Å²) in [4.78, 5) is 27.2. The molecule has 0 fully saturated rings. The summed E-state index contributed by atoms with van der Waals surface area (Å²) < 4.78 is 0. The van der Waals surface area contributed by atoms with Crippen molar-refractivity contribution in [3.8, 4) is 0 Å². The summed E-state index contributed by atoms with van der Waals surface area (Å²) in [7, 11) is 3.93. The summed E-state index contributed by atoms with van der Waals surface area (Å²) in [6.07, 6.45) is 0.332. The third-order valence-corrected chi connectivity index (χ3v) is 3.39. The first-order chi connectivity index (χ1) is 10.4. The number of carbonyl (C=O) groups excluding carboxylic acids is 2. The second kappa shape index (κ2) is 9.20. The molecule has 1 aromatic carbocycles. The van der Waals surface area contributed by atoms with Gasteiger partial charge >= 0.3 is 0 Å². The van der Waals surface area contributed by atoms with Gasteiger partial charge in [0, 0.05) is 39.5 Å². The molecule has 0 aliphatic heterocycles. The highest BCUT2D eigenvalue weighted by Crippen LogP contribution is 2.08. The third-order valence-electron chi connectivity index (χ3n) is 3.39. The standard InChI is InChI=1S/C17H27N3O2/c1-14-6-5-7-16(12-14)13-20(15(2)21)10-8-17(22)18-9-11-19(3)4/h5-7,12H,8-11,13H2,1-4H3,(H,18,22). The van der Waals surface area contributed by atoms with Crippen LogP contribution in [0.1, 0.15) is 24.5 Å². The van der Waals surface area contributed by atoms with E-state index in [4.69, 9.17) is 0 Å². The molecule has 0 heterocycles. The van der Waals surface area contributed by atoms with Crippen LogP contribution in [0.4, 0.5) is 0 Å². The number of hydrogen-bond acceptors (Lipinski definition) is 3. The van der Waals surface area contributed by atoms with Gasteiger partial charge in [0.15, 0.2) is 0 Å². The zero-order valence-corrected chi connectivity index (χ0v) is 14.1. The molecule has 0 atom stereocenters. The predicted octanol–water partition coefficient (Wildman–Crippen LogP) is 1.41. The van der Waals surface area contributed by atoms with Crippen molar-refractivity contribution in [3.05, 3.63) is 35.4 Å². The molecule has 5 nitrogen and oxygen atoms in total. The molecule has 0 spiro atoms. The smallest absolute Gasteiger partial charge is 0.221 e. The minimum Gasteiger partial charge on any atom is -0.355 e. The lowest BCUT2D eigenvalue weighted by Gasteiger charge is -2.21. The molecule has 0 aliphatic rings. The van der Waals surface area contributed by atoms with Crippen LogP contribution in [0.5, 0.6) is 0 Å². The number of likely N-dealkylation sites (N-methyl/N-ethyl adjacent to an activating group) is 1. The highest BCUT2D eigenvalue weighted by atomic mass is 16.2. The number of hydrogen-bond donors (Lipinski definition) is 1.